The van der Waals surface area contributed by atoms with Crippen LogP contribution in [0.1, 0.15) is 30.1 Å². The minimum atomic E-state index is 0.695. The third-order valence-electron chi connectivity index (χ3n) is 3.48. The van der Waals surface area contributed by atoms with E-state index in [-0.39, 0.29) is 0 Å². The summed E-state index contributed by atoms with van der Waals surface area (Å²) in [6.07, 6.45) is 6.49. The Morgan fingerprint density at radius 3 is 2.74 bits per heavy atom. The van der Waals surface area contributed by atoms with E-state index in [0.717, 1.165) is 18.8 Å². The van der Waals surface area contributed by atoms with Crippen LogP contribution in [0.2, 0.25) is 0 Å². The van der Waals surface area contributed by atoms with Gasteiger partial charge >= 0.3 is 0 Å². The molecule has 1 aliphatic carbocycles. The van der Waals surface area contributed by atoms with E-state index in [1.807, 2.05) is 24.7 Å². The SMILES string of the molecule is COc1ccc(CNCc2cncn2C2CC2)cc1. The van der Waals surface area contributed by atoms with Crippen LogP contribution >= 0.6 is 0 Å². The summed E-state index contributed by atoms with van der Waals surface area (Å²) >= 11 is 0. The first kappa shape index (κ1) is 12.2. The summed E-state index contributed by atoms with van der Waals surface area (Å²) in [6, 6.07) is 8.85. The van der Waals surface area contributed by atoms with Crippen molar-refractivity contribution in [3.8, 4) is 5.75 Å². The summed E-state index contributed by atoms with van der Waals surface area (Å²) in [5.74, 6) is 0.899. The maximum absolute atomic E-state index is 5.15. The van der Waals surface area contributed by atoms with Gasteiger partial charge in [-0.1, -0.05) is 12.1 Å². The lowest BCUT2D eigenvalue weighted by molar-refractivity contribution is 0.414. The fraction of sp³-hybridized carbons (Fsp3) is 0.400. The molecule has 100 valence electrons. The molecule has 0 atom stereocenters. The minimum absolute atomic E-state index is 0.695. The number of imidazole rings is 1. The van der Waals surface area contributed by atoms with E-state index < -0.39 is 0 Å². The fourth-order valence-corrected chi connectivity index (χ4v) is 2.23. The zero-order valence-electron chi connectivity index (χ0n) is 11.2. The highest BCUT2D eigenvalue weighted by molar-refractivity contribution is 5.27. The topological polar surface area (TPSA) is 39.1 Å². The lowest BCUT2D eigenvalue weighted by Crippen LogP contribution is -2.15. The van der Waals surface area contributed by atoms with E-state index in [4.69, 9.17) is 4.74 Å². The van der Waals surface area contributed by atoms with Gasteiger partial charge in [-0.15, -0.1) is 0 Å². The fourth-order valence-electron chi connectivity index (χ4n) is 2.23. The maximum atomic E-state index is 5.15. The molecule has 0 unspecified atom stereocenters. The molecule has 3 rings (SSSR count). The number of rotatable bonds is 6. The van der Waals surface area contributed by atoms with Gasteiger partial charge in [0.15, 0.2) is 0 Å². The van der Waals surface area contributed by atoms with Gasteiger partial charge in [-0.25, -0.2) is 4.98 Å². The van der Waals surface area contributed by atoms with E-state index in [2.05, 4.69) is 27.0 Å². The molecule has 0 amide bonds. The zero-order valence-corrected chi connectivity index (χ0v) is 11.2. The van der Waals surface area contributed by atoms with Crippen molar-refractivity contribution in [3.63, 3.8) is 0 Å². The van der Waals surface area contributed by atoms with Crippen molar-refractivity contribution in [1.82, 2.24) is 14.9 Å². The summed E-state index contributed by atoms with van der Waals surface area (Å²) in [7, 11) is 1.69. The Morgan fingerprint density at radius 1 is 1.26 bits per heavy atom. The summed E-state index contributed by atoms with van der Waals surface area (Å²) in [5.41, 5.74) is 2.54. The summed E-state index contributed by atoms with van der Waals surface area (Å²) in [5, 5.41) is 3.46. The van der Waals surface area contributed by atoms with Gasteiger partial charge in [-0.3, -0.25) is 0 Å². The Labute approximate surface area is 113 Å². The first-order valence-electron chi connectivity index (χ1n) is 6.71. The maximum Gasteiger partial charge on any atom is 0.118 e. The molecule has 0 spiro atoms. The van der Waals surface area contributed by atoms with Crippen molar-refractivity contribution >= 4 is 0 Å². The average Bonchev–Trinajstić information content (AvgIpc) is 3.19. The van der Waals surface area contributed by atoms with Crippen LogP contribution in [-0.2, 0) is 13.1 Å². The van der Waals surface area contributed by atoms with Crippen LogP contribution in [0.4, 0.5) is 0 Å². The molecular weight excluding hydrogens is 238 g/mol. The highest BCUT2D eigenvalue weighted by Crippen LogP contribution is 2.35. The third kappa shape index (κ3) is 2.96. The number of ether oxygens (including phenoxy) is 1. The van der Waals surface area contributed by atoms with E-state index >= 15 is 0 Å². The van der Waals surface area contributed by atoms with E-state index in [9.17, 15) is 0 Å². The largest absolute Gasteiger partial charge is 0.497 e. The molecule has 1 aliphatic rings. The van der Waals surface area contributed by atoms with Crippen LogP contribution in [-0.4, -0.2) is 16.7 Å². The van der Waals surface area contributed by atoms with E-state index in [1.165, 1.54) is 24.1 Å². The number of hydrogen-bond acceptors (Lipinski definition) is 3. The molecule has 1 saturated carbocycles. The van der Waals surface area contributed by atoms with Crippen molar-refractivity contribution < 1.29 is 4.74 Å². The second-order valence-corrected chi connectivity index (χ2v) is 4.98. The smallest absolute Gasteiger partial charge is 0.118 e. The Balaban J connectivity index is 1.53. The number of nitrogens with zero attached hydrogens (tertiary/aromatic N) is 2. The molecule has 4 heteroatoms. The molecular formula is C15H19N3O. The summed E-state index contributed by atoms with van der Waals surface area (Å²) < 4.78 is 7.44. The van der Waals surface area contributed by atoms with Gasteiger partial charge in [-0.2, -0.15) is 0 Å². The summed E-state index contributed by atoms with van der Waals surface area (Å²) in [4.78, 5) is 4.24. The predicted octanol–water partition coefficient (Wildman–Crippen LogP) is 2.52. The summed E-state index contributed by atoms with van der Waals surface area (Å²) in [6.45, 7) is 1.72. The average molecular weight is 257 g/mol. The molecule has 1 aromatic heterocycles. The standard InChI is InChI=1S/C15H19N3O/c1-19-15-6-2-12(3-7-15)8-16-9-14-10-17-11-18(14)13-4-5-13/h2-3,6-7,10-11,13,16H,4-5,8-9H2,1H3. The van der Waals surface area contributed by atoms with Gasteiger partial charge in [0.2, 0.25) is 0 Å². The second kappa shape index (κ2) is 5.45. The highest BCUT2D eigenvalue weighted by Gasteiger charge is 2.24. The molecule has 0 aliphatic heterocycles. The van der Waals surface area contributed by atoms with Crippen molar-refractivity contribution in [2.75, 3.05) is 7.11 Å². The lowest BCUT2D eigenvalue weighted by Gasteiger charge is -2.08. The van der Waals surface area contributed by atoms with Gasteiger partial charge in [0.25, 0.3) is 0 Å². The molecule has 4 nitrogen and oxygen atoms in total. The molecule has 2 aromatic rings. The number of aromatic nitrogens is 2. The van der Waals surface area contributed by atoms with Crippen LogP contribution in [0.5, 0.6) is 5.75 Å². The van der Waals surface area contributed by atoms with Crippen LogP contribution in [0.25, 0.3) is 0 Å². The van der Waals surface area contributed by atoms with Gasteiger partial charge in [0.05, 0.1) is 19.1 Å². The number of hydrogen-bond donors (Lipinski definition) is 1. The van der Waals surface area contributed by atoms with Gasteiger partial charge in [0, 0.05) is 25.3 Å². The van der Waals surface area contributed by atoms with Gasteiger partial charge in [-0.05, 0) is 30.5 Å². The molecule has 19 heavy (non-hydrogen) atoms. The Bertz CT molecular complexity index is 529. The number of benzene rings is 1. The Morgan fingerprint density at radius 2 is 2.05 bits per heavy atom. The minimum Gasteiger partial charge on any atom is -0.497 e. The second-order valence-electron chi connectivity index (χ2n) is 4.98. The molecule has 0 bridgehead atoms. The monoisotopic (exact) mass is 257 g/mol. The molecule has 0 radical (unpaired) electrons. The first-order valence-corrected chi connectivity index (χ1v) is 6.71. The van der Waals surface area contributed by atoms with Crippen LogP contribution in [0.15, 0.2) is 36.8 Å². The van der Waals surface area contributed by atoms with Crippen LogP contribution < -0.4 is 10.1 Å². The number of methoxy groups -OCH3 is 1. The Kier molecular flexibility index (Phi) is 3.51. The van der Waals surface area contributed by atoms with Gasteiger partial charge < -0.3 is 14.6 Å². The molecule has 1 N–H and O–H groups in total. The predicted molar refractivity (Wildman–Crippen MR) is 74.0 cm³/mol. The zero-order chi connectivity index (χ0) is 13.1. The molecule has 0 saturated heterocycles. The van der Waals surface area contributed by atoms with Crippen molar-refractivity contribution in [1.29, 1.82) is 0 Å². The number of nitrogens with one attached hydrogen (secondary N) is 1. The molecule has 1 fully saturated rings. The van der Waals surface area contributed by atoms with Crippen molar-refractivity contribution in [2.24, 2.45) is 0 Å². The first-order chi connectivity index (χ1) is 9.36. The Hall–Kier alpha value is -1.81. The quantitative estimate of drug-likeness (QED) is 0.864. The lowest BCUT2D eigenvalue weighted by atomic mass is 10.2. The van der Waals surface area contributed by atoms with E-state index in [1.54, 1.807) is 7.11 Å². The van der Waals surface area contributed by atoms with E-state index in [0.29, 0.717) is 6.04 Å². The third-order valence-corrected chi connectivity index (χ3v) is 3.48. The highest BCUT2D eigenvalue weighted by atomic mass is 16.5. The van der Waals surface area contributed by atoms with Crippen LogP contribution in [0.3, 0.4) is 0 Å². The van der Waals surface area contributed by atoms with Crippen LogP contribution in [0, 0.1) is 0 Å². The van der Waals surface area contributed by atoms with Crippen molar-refractivity contribution in [2.45, 2.75) is 32.0 Å². The van der Waals surface area contributed by atoms with Gasteiger partial charge in [0.1, 0.15) is 5.75 Å². The molecule has 1 heterocycles. The normalized spacial score (nSPS) is 14.6. The van der Waals surface area contributed by atoms with Crippen molar-refractivity contribution in [3.05, 3.63) is 48.0 Å². The molecule has 1 aromatic carbocycles.